The fraction of sp³-hybridized carbons (Fsp3) is 0.562. The van der Waals surface area contributed by atoms with Gasteiger partial charge in [0.15, 0.2) is 0 Å². The van der Waals surface area contributed by atoms with E-state index in [9.17, 15) is 4.79 Å². The monoisotopic (exact) mass is 292 g/mol. The zero-order valence-corrected chi connectivity index (χ0v) is 12.8. The Morgan fingerprint density at radius 1 is 1.29 bits per heavy atom. The molecule has 1 aliphatic rings. The number of rotatable bonds is 6. The van der Waals surface area contributed by atoms with E-state index in [-0.39, 0.29) is 11.9 Å². The van der Waals surface area contributed by atoms with Gasteiger partial charge >= 0.3 is 0 Å². The highest BCUT2D eigenvalue weighted by molar-refractivity contribution is 5.96. The Kier molecular flexibility index (Phi) is 5.87. The number of nitrogens with one attached hydrogen (secondary N) is 2. The lowest BCUT2D eigenvalue weighted by atomic mass is 10.0. The van der Waals surface area contributed by atoms with Gasteiger partial charge in [-0.25, -0.2) is 0 Å². The van der Waals surface area contributed by atoms with E-state index in [0.29, 0.717) is 24.7 Å². The molecule has 1 aromatic carbocycles. The summed E-state index contributed by atoms with van der Waals surface area (Å²) in [5, 5.41) is 6.20. The normalized spacial score (nSPS) is 18.1. The summed E-state index contributed by atoms with van der Waals surface area (Å²) in [5.41, 5.74) is 0.667. The molecule has 2 rings (SSSR count). The van der Waals surface area contributed by atoms with Crippen LogP contribution in [0.1, 0.15) is 33.1 Å². The number of hydrogen-bond acceptors (Lipinski definition) is 4. The largest absolute Gasteiger partial charge is 0.494 e. The first-order valence-electron chi connectivity index (χ1n) is 7.68. The Morgan fingerprint density at radius 3 is 2.76 bits per heavy atom. The summed E-state index contributed by atoms with van der Waals surface area (Å²) in [6, 6.07) is 5.38. The van der Waals surface area contributed by atoms with Crippen LogP contribution in [0, 0.1) is 0 Å². The van der Waals surface area contributed by atoms with Gasteiger partial charge in [-0.1, -0.05) is 6.42 Å². The maximum absolute atomic E-state index is 12.3. The zero-order chi connectivity index (χ0) is 15.1. The van der Waals surface area contributed by atoms with Crippen LogP contribution in [0.15, 0.2) is 18.2 Å². The van der Waals surface area contributed by atoms with Gasteiger partial charge < -0.3 is 20.1 Å². The van der Waals surface area contributed by atoms with E-state index in [1.807, 2.05) is 32.0 Å². The molecule has 0 unspecified atom stereocenters. The van der Waals surface area contributed by atoms with Crippen molar-refractivity contribution in [2.45, 2.75) is 39.2 Å². The van der Waals surface area contributed by atoms with E-state index in [2.05, 4.69) is 10.6 Å². The van der Waals surface area contributed by atoms with Crippen LogP contribution < -0.4 is 20.1 Å². The van der Waals surface area contributed by atoms with Crippen LogP contribution in [0.3, 0.4) is 0 Å². The lowest BCUT2D eigenvalue weighted by molar-refractivity contribution is -0.118. The minimum atomic E-state index is -0.121. The fourth-order valence-corrected chi connectivity index (χ4v) is 2.44. The van der Waals surface area contributed by atoms with Crippen LogP contribution in [0.25, 0.3) is 0 Å². The van der Waals surface area contributed by atoms with Gasteiger partial charge in [-0.3, -0.25) is 4.79 Å². The summed E-state index contributed by atoms with van der Waals surface area (Å²) in [4.78, 5) is 12.3. The van der Waals surface area contributed by atoms with Gasteiger partial charge in [0.25, 0.3) is 0 Å². The molecule has 1 amide bonds. The average Bonchev–Trinajstić information content (AvgIpc) is 2.51. The number of carbonyl (C=O) groups is 1. The summed E-state index contributed by atoms with van der Waals surface area (Å²) < 4.78 is 11.1. The first-order chi connectivity index (χ1) is 10.2. The molecule has 1 aliphatic heterocycles. The first-order valence-corrected chi connectivity index (χ1v) is 7.68. The van der Waals surface area contributed by atoms with Gasteiger partial charge in [0, 0.05) is 6.07 Å². The van der Waals surface area contributed by atoms with Crippen LogP contribution in [0.5, 0.6) is 11.5 Å². The number of anilines is 1. The predicted molar refractivity (Wildman–Crippen MR) is 83.1 cm³/mol. The smallest absolute Gasteiger partial charge is 0.241 e. The summed E-state index contributed by atoms with van der Waals surface area (Å²) in [7, 11) is 0. The van der Waals surface area contributed by atoms with Gasteiger partial charge in [-0.05, 0) is 45.4 Å². The number of carbonyl (C=O) groups excluding carboxylic acids is 1. The molecule has 0 radical (unpaired) electrons. The Morgan fingerprint density at radius 2 is 2.10 bits per heavy atom. The molecule has 21 heavy (non-hydrogen) atoms. The molecule has 0 saturated carbocycles. The van der Waals surface area contributed by atoms with Crippen molar-refractivity contribution in [2.75, 3.05) is 25.1 Å². The van der Waals surface area contributed by atoms with Crippen molar-refractivity contribution < 1.29 is 14.3 Å². The predicted octanol–water partition coefficient (Wildman–Crippen LogP) is 2.56. The fourth-order valence-electron chi connectivity index (χ4n) is 2.44. The minimum Gasteiger partial charge on any atom is -0.494 e. The molecule has 116 valence electrons. The number of ether oxygens (including phenoxy) is 2. The molecule has 1 fully saturated rings. The summed E-state index contributed by atoms with van der Waals surface area (Å²) in [6.45, 7) is 5.89. The second-order valence-corrected chi connectivity index (χ2v) is 5.02. The van der Waals surface area contributed by atoms with Crippen LogP contribution in [-0.4, -0.2) is 31.7 Å². The topological polar surface area (TPSA) is 59.6 Å². The molecule has 1 aromatic rings. The Balaban J connectivity index is 2.11. The number of hydrogen-bond donors (Lipinski definition) is 2. The lowest BCUT2D eigenvalue weighted by Gasteiger charge is -2.23. The van der Waals surface area contributed by atoms with Crippen molar-refractivity contribution in [3.8, 4) is 11.5 Å². The van der Waals surface area contributed by atoms with Crippen LogP contribution in [0.4, 0.5) is 5.69 Å². The summed E-state index contributed by atoms with van der Waals surface area (Å²) in [6.07, 6.45) is 3.09. The van der Waals surface area contributed by atoms with Crippen molar-refractivity contribution >= 4 is 11.6 Å². The van der Waals surface area contributed by atoms with Crippen molar-refractivity contribution in [3.05, 3.63) is 18.2 Å². The SMILES string of the molecule is CCOc1ccc(OCC)c(NC(=O)[C@@H]2CCCCN2)c1. The van der Waals surface area contributed by atoms with Gasteiger partial charge in [-0.15, -0.1) is 0 Å². The van der Waals surface area contributed by atoms with Crippen molar-refractivity contribution in [2.24, 2.45) is 0 Å². The maximum Gasteiger partial charge on any atom is 0.241 e. The van der Waals surface area contributed by atoms with Gasteiger partial charge in [0.05, 0.1) is 24.9 Å². The van der Waals surface area contributed by atoms with E-state index in [4.69, 9.17) is 9.47 Å². The maximum atomic E-state index is 12.3. The highest BCUT2D eigenvalue weighted by Crippen LogP contribution is 2.29. The second-order valence-electron chi connectivity index (χ2n) is 5.02. The summed E-state index contributed by atoms with van der Waals surface area (Å²) in [5.74, 6) is 1.39. The summed E-state index contributed by atoms with van der Waals surface area (Å²) >= 11 is 0. The quantitative estimate of drug-likeness (QED) is 0.846. The van der Waals surface area contributed by atoms with E-state index in [1.165, 1.54) is 0 Å². The van der Waals surface area contributed by atoms with E-state index in [1.54, 1.807) is 0 Å². The first kappa shape index (κ1) is 15.6. The molecule has 2 N–H and O–H groups in total. The standard InChI is InChI=1S/C16H24N2O3/c1-3-20-12-8-9-15(21-4-2)14(11-12)18-16(19)13-7-5-6-10-17-13/h8-9,11,13,17H,3-7,10H2,1-2H3,(H,18,19)/t13-/m0/s1. The Hall–Kier alpha value is -1.75. The van der Waals surface area contributed by atoms with Gasteiger partial charge in [0.1, 0.15) is 11.5 Å². The number of amides is 1. The average molecular weight is 292 g/mol. The van der Waals surface area contributed by atoms with Crippen LogP contribution in [-0.2, 0) is 4.79 Å². The van der Waals surface area contributed by atoms with Crippen molar-refractivity contribution in [1.29, 1.82) is 0 Å². The van der Waals surface area contributed by atoms with E-state index < -0.39 is 0 Å². The van der Waals surface area contributed by atoms with E-state index >= 15 is 0 Å². The van der Waals surface area contributed by atoms with Crippen molar-refractivity contribution in [3.63, 3.8) is 0 Å². The van der Waals surface area contributed by atoms with Gasteiger partial charge in [-0.2, -0.15) is 0 Å². The molecular weight excluding hydrogens is 268 g/mol. The second kappa shape index (κ2) is 7.88. The van der Waals surface area contributed by atoms with E-state index in [0.717, 1.165) is 31.6 Å². The van der Waals surface area contributed by atoms with Crippen LogP contribution in [0.2, 0.25) is 0 Å². The molecular formula is C16H24N2O3. The Labute approximate surface area is 126 Å². The molecule has 0 aliphatic carbocycles. The third-order valence-corrected chi connectivity index (χ3v) is 3.45. The minimum absolute atomic E-state index is 0.00991. The third-order valence-electron chi connectivity index (χ3n) is 3.45. The molecule has 1 atom stereocenters. The third kappa shape index (κ3) is 4.36. The molecule has 5 heteroatoms. The highest BCUT2D eigenvalue weighted by Gasteiger charge is 2.21. The number of piperidine rings is 1. The van der Waals surface area contributed by atoms with Crippen LogP contribution >= 0.6 is 0 Å². The highest BCUT2D eigenvalue weighted by atomic mass is 16.5. The zero-order valence-electron chi connectivity index (χ0n) is 12.8. The number of benzene rings is 1. The lowest BCUT2D eigenvalue weighted by Crippen LogP contribution is -2.43. The van der Waals surface area contributed by atoms with Gasteiger partial charge in [0.2, 0.25) is 5.91 Å². The molecule has 1 heterocycles. The Bertz CT molecular complexity index is 471. The molecule has 0 spiro atoms. The molecule has 5 nitrogen and oxygen atoms in total. The molecule has 0 bridgehead atoms. The van der Waals surface area contributed by atoms with Crippen molar-refractivity contribution in [1.82, 2.24) is 5.32 Å². The molecule has 0 aromatic heterocycles. The molecule has 1 saturated heterocycles.